The minimum atomic E-state index is -1.46. The molecule has 9 N–H and O–H groups in total. The van der Waals surface area contributed by atoms with E-state index in [0.29, 0.717) is 13.0 Å². The molecule has 38 heavy (non-hydrogen) atoms. The number of unbranched alkanes of at least 4 members (excludes halogenated alkanes) is 1. The van der Waals surface area contributed by atoms with E-state index in [1.165, 1.54) is 7.11 Å². The maximum Gasteiger partial charge on any atom is 0.187 e. The third-order valence-electron chi connectivity index (χ3n) is 6.78. The monoisotopic (exact) mass is 552 g/mol. The molecule has 0 saturated carbocycles. The van der Waals surface area contributed by atoms with Crippen LogP contribution in [0.5, 0.6) is 0 Å². The predicted molar refractivity (Wildman–Crippen MR) is 146 cm³/mol. The number of hydrogen-bond donors (Lipinski definition) is 8. The van der Waals surface area contributed by atoms with Crippen LogP contribution >= 0.6 is 0 Å². The molecular weight excluding hydrogens is 496 g/mol. The summed E-state index contributed by atoms with van der Waals surface area (Å²) in [4.78, 5) is 0. The molecule has 0 radical (unpaired) electrons. The second-order valence-electron chi connectivity index (χ2n) is 10.6. The molecule has 0 bridgehead atoms. The van der Waals surface area contributed by atoms with Gasteiger partial charge in [-0.25, -0.2) is 0 Å². The minimum Gasteiger partial charge on any atom is -0.394 e. The topological polar surface area (TPSA) is 180 Å². The number of rotatable bonds is 23. The number of aliphatic hydroxyl groups excluding tert-OH is 4. The fourth-order valence-electron chi connectivity index (χ4n) is 4.36. The molecule has 0 spiro atoms. The first kappa shape index (κ1) is 35.5. The second kappa shape index (κ2) is 19.6. The summed E-state index contributed by atoms with van der Waals surface area (Å²) in [7, 11) is 1.46. The van der Waals surface area contributed by atoms with Crippen molar-refractivity contribution in [3.8, 4) is 0 Å². The van der Waals surface area contributed by atoms with Gasteiger partial charge in [0.05, 0.1) is 25.9 Å². The third kappa shape index (κ3) is 12.8. The fourth-order valence-corrected chi connectivity index (χ4v) is 4.36. The predicted octanol–water partition coefficient (Wildman–Crippen LogP) is -1.32. The Labute approximate surface area is 228 Å². The average Bonchev–Trinajstić information content (AvgIpc) is 2.90. The van der Waals surface area contributed by atoms with Crippen LogP contribution in [-0.4, -0.2) is 135 Å². The molecule has 7 atom stereocenters. The molecule has 1 saturated heterocycles. The highest BCUT2D eigenvalue weighted by Gasteiger charge is 2.51. The summed E-state index contributed by atoms with van der Waals surface area (Å²) in [6.45, 7) is 11.1. The van der Waals surface area contributed by atoms with Gasteiger partial charge >= 0.3 is 0 Å². The Morgan fingerprint density at radius 1 is 0.974 bits per heavy atom. The quantitative estimate of drug-likeness (QED) is 0.0702. The first-order valence-electron chi connectivity index (χ1n) is 14.1. The largest absolute Gasteiger partial charge is 0.394 e. The van der Waals surface area contributed by atoms with Crippen LogP contribution in [0.3, 0.4) is 0 Å². The van der Waals surface area contributed by atoms with Crippen molar-refractivity contribution in [2.75, 3.05) is 72.7 Å². The molecule has 1 fully saturated rings. The van der Waals surface area contributed by atoms with Crippen LogP contribution < -0.4 is 21.7 Å². The number of nitrogens with two attached hydrogens (primary N) is 1. The molecule has 228 valence electrons. The van der Waals surface area contributed by atoms with Crippen molar-refractivity contribution in [3.05, 3.63) is 0 Å². The lowest BCUT2D eigenvalue weighted by atomic mass is 9.89. The van der Waals surface area contributed by atoms with Gasteiger partial charge in [-0.1, -0.05) is 6.92 Å². The van der Waals surface area contributed by atoms with E-state index < -0.39 is 35.8 Å². The molecule has 0 aliphatic carbocycles. The summed E-state index contributed by atoms with van der Waals surface area (Å²) in [6.07, 6.45) is -0.980. The number of nitrogens with one attached hydrogen (secondary N) is 3. The van der Waals surface area contributed by atoms with Gasteiger partial charge in [0.15, 0.2) is 6.29 Å². The van der Waals surface area contributed by atoms with E-state index in [2.05, 4.69) is 16.0 Å². The molecule has 1 aliphatic rings. The van der Waals surface area contributed by atoms with E-state index in [4.69, 9.17) is 24.7 Å². The van der Waals surface area contributed by atoms with Crippen LogP contribution in [0.2, 0.25) is 0 Å². The van der Waals surface area contributed by atoms with E-state index in [1.54, 1.807) is 6.92 Å². The first-order chi connectivity index (χ1) is 18.2. The smallest absolute Gasteiger partial charge is 0.187 e. The minimum absolute atomic E-state index is 0.00920. The van der Waals surface area contributed by atoms with Crippen molar-refractivity contribution in [2.45, 2.75) is 94.8 Å². The summed E-state index contributed by atoms with van der Waals surface area (Å²) in [5.41, 5.74) is 3.39. The zero-order valence-corrected chi connectivity index (χ0v) is 24.0. The molecule has 0 amide bonds. The summed E-state index contributed by atoms with van der Waals surface area (Å²) < 4.78 is 23.1. The SMILES string of the molecule is CCC(CO)OC(C)(CNCCCNCCCCNCCCN)COC1OC(C)(COC)C(O)C(O)C1O. The molecular formula is C26H56N4O8. The summed E-state index contributed by atoms with van der Waals surface area (Å²) in [5.74, 6) is 0. The van der Waals surface area contributed by atoms with Crippen molar-refractivity contribution >= 4 is 0 Å². The maximum atomic E-state index is 10.5. The summed E-state index contributed by atoms with van der Waals surface area (Å²) in [5, 5.41) is 51.1. The Balaban J connectivity index is 2.49. The number of ether oxygens (including phenoxy) is 4. The molecule has 12 heteroatoms. The number of hydrogen-bond acceptors (Lipinski definition) is 12. The van der Waals surface area contributed by atoms with Crippen LogP contribution in [0, 0.1) is 0 Å². The molecule has 1 aliphatic heterocycles. The van der Waals surface area contributed by atoms with Gasteiger partial charge in [0.1, 0.15) is 29.5 Å². The molecule has 1 rings (SSSR count). The van der Waals surface area contributed by atoms with Crippen LogP contribution in [0.15, 0.2) is 0 Å². The normalized spacial score (nSPS) is 28.3. The lowest BCUT2D eigenvalue weighted by Gasteiger charge is -2.47. The summed E-state index contributed by atoms with van der Waals surface area (Å²) >= 11 is 0. The van der Waals surface area contributed by atoms with Crippen LogP contribution in [0.25, 0.3) is 0 Å². The Morgan fingerprint density at radius 3 is 2.16 bits per heavy atom. The van der Waals surface area contributed by atoms with Crippen LogP contribution in [0.1, 0.15) is 52.9 Å². The summed E-state index contributed by atoms with van der Waals surface area (Å²) in [6, 6.07) is 0. The van der Waals surface area contributed by atoms with Crippen molar-refractivity contribution < 1.29 is 39.4 Å². The first-order valence-corrected chi connectivity index (χ1v) is 14.1. The molecule has 0 aromatic carbocycles. The van der Waals surface area contributed by atoms with E-state index >= 15 is 0 Å². The van der Waals surface area contributed by atoms with Gasteiger partial charge in [-0.05, 0) is 85.2 Å². The Kier molecular flexibility index (Phi) is 18.3. The third-order valence-corrected chi connectivity index (χ3v) is 6.78. The fraction of sp³-hybridized carbons (Fsp3) is 1.00. The van der Waals surface area contributed by atoms with Crippen molar-refractivity contribution in [1.29, 1.82) is 0 Å². The van der Waals surface area contributed by atoms with Crippen LogP contribution in [-0.2, 0) is 18.9 Å². The molecule has 0 aromatic heterocycles. The Morgan fingerprint density at radius 2 is 1.58 bits per heavy atom. The number of methoxy groups -OCH3 is 1. The van der Waals surface area contributed by atoms with Gasteiger partial charge < -0.3 is 61.1 Å². The Hall–Kier alpha value is -0.480. The molecule has 0 aromatic rings. The molecule has 1 heterocycles. The number of aliphatic hydroxyl groups is 4. The zero-order chi connectivity index (χ0) is 28.4. The van der Waals surface area contributed by atoms with Gasteiger partial charge in [-0.2, -0.15) is 0 Å². The maximum absolute atomic E-state index is 10.5. The van der Waals surface area contributed by atoms with E-state index in [-0.39, 0.29) is 25.9 Å². The van der Waals surface area contributed by atoms with E-state index in [1.807, 2.05) is 13.8 Å². The van der Waals surface area contributed by atoms with Gasteiger partial charge in [0.2, 0.25) is 0 Å². The van der Waals surface area contributed by atoms with Crippen molar-refractivity contribution in [1.82, 2.24) is 16.0 Å². The zero-order valence-electron chi connectivity index (χ0n) is 24.0. The lowest BCUT2D eigenvalue weighted by Crippen LogP contribution is -2.65. The van der Waals surface area contributed by atoms with Gasteiger partial charge in [-0.3, -0.25) is 0 Å². The van der Waals surface area contributed by atoms with E-state index in [0.717, 1.165) is 65.0 Å². The lowest BCUT2D eigenvalue weighted by molar-refractivity contribution is -0.341. The van der Waals surface area contributed by atoms with Gasteiger partial charge in [0, 0.05) is 13.7 Å². The Bertz CT molecular complexity index is 591. The van der Waals surface area contributed by atoms with Crippen LogP contribution in [0.4, 0.5) is 0 Å². The van der Waals surface area contributed by atoms with Gasteiger partial charge in [-0.15, -0.1) is 0 Å². The average molecular weight is 553 g/mol. The highest BCUT2D eigenvalue weighted by molar-refractivity contribution is 4.98. The van der Waals surface area contributed by atoms with Crippen molar-refractivity contribution in [3.63, 3.8) is 0 Å². The highest BCUT2D eigenvalue weighted by atomic mass is 16.7. The standard InChI is InChI=1S/C26H56N4O8/c1-5-20(16-31)37-25(2,17-30-15-9-14-29-12-7-6-11-28-13-8-10-27)18-36-24-22(33)21(32)23(34)26(3,38-24)19-35-4/h20-24,28-34H,5-19,27H2,1-4H3. The molecule has 12 nitrogen and oxygen atoms in total. The van der Waals surface area contributed by atoms with Gasteiger partial charge in [0.25, 0.3) is 0 Å². The highest BCUT2D eigenvalue weighted by Crippen LogP contribution is 2.31. The van der Waals surface area contributed by atoms with Crippen molar-refractivity contribution in [2.24, 2.45) is 5.73 Å². The second-order valence-corrected chi connectivity index (χ2v) is 10.6. The molecule has 7 unspecified atom stereocenters. The van der Waals surface area contributed by atoms with E-state index in [9.17, 15) is 20.4 Å².